The summed E-state index contributed by atoms with van der Waals surface area (Å²) in [6, 6.07) is 0. The molecule has 0 aromatic heterocycles. The van der Waals surface area contributed by atoms with Crippen LogP contribution in [0.5, 0.6) is 0 Å². The van der Waals surface area contributed by atoms with Gasteiger partial charge in [-0.15, -0.1) is 0 Å². The van der Waals surface area contributed by atoms with Gasteiger partial charge in [0.2, 0.25) is 0 Å². The Kier molecular flexibility index (Phi) is 16.1. The van der Waals surface area contributed by atoms with Crippen LogP contribution < -0.4 is 0 Å². The number of unbranched alkanes of at least 4 members (excludes halogenated alkanes) is 6. The minimum Gasteiger partial charge on any atom is -0.376 e. The fraction of sp³-hybridized carbons (Fsp3) is 1.00. The summed E-state index contributed by atoms with van der Waals surface area (Å²) in [6.07, 6.45) is 13.5. The highest BCUT2D eigenvalue weighted by Gasteiger charge is 2.37. The van der Waals surface area contributed by atoms with Crippen molar-refractivity contribution in [1.82, 2.24) is 0 Å². The largest absolute Gasteiger partial charge is 0.376 e. The Morgan fingerprint density at radius 2 is 1.37 bits per heavy atom. The van der Waals surface area contributed by atoms with E-state index in [4.69, 9.17) is 23.7 Å². The molecule has 0 saturated carbocycles. The lowest BCUT2D eigenvalue weighted by molar-refractivity contribution is -0.380. The molecule has 1 aliphatic heterocycles. The molecule has 1 fully saturated rings. The second kappa shape index (κ2) is 17.4. The molecule has 180 valence electrons. The molecule has 0 radical (unpaired) electrons. The van der Waals surface area contributed by atoms with Gasteiger partial charge in [0.05, 0.1) is 18.8 Å². The van der Waals surface area contributed by atoms with Gasteiger partial charge in [-0.05, 0) is 46.5 Å². The van der Waals surface area contributed by atoms with Crippen molar-refractivity contribution in [3.63, 3.8) is 0 Å². The van der Waals surface area contributed by atoms with Gasteiger partial charge in [0.1, 0.15) is 0 Å². The number of ether oxygens (including phenoxy) is 5. The van der Waals surface area contributed by atoms with E-state index in [1.54, 1.807) is 0 Å². The van der Waals surface area contributed by atoms with Crippen LogP contribution in [0.3, 0.4) is 0 Å². The van der Waals surface area contributed by atoms with Gasteiger partial charge in [-0.25, -0.2) is 0 Å². The molecule has 0 spiro atoms. The number of hydrogen-bond acceptors (Lipinski definition) is 5. The van der Waals surface area contributed by atoms with Crippen LogP contribution in [-0.2, 0) is 23.7 Å². The summed E-state index contributed by atoms with van der Waals surface area (Å²) < 4.78 is 29.4. The second-order valence-corrected chi connectivity index (χ2v) is 8.37. The van der Waals surface area contributed by atoms with Crippen LogP contribution in [-0.4, -0.2) is 51.2 Å². The monoisotopic (exact) mass is 430 g/mol. The van der Waals surface area contributed by atoms with Gasteiger partial charge in [-0.2, -0.15) is 0 Å². The van der Waals surface area contributed by atoms with E-state index in [1.165, 1.54) is 44.9 Å². The SMILES string of the molecule is CCCOC(CCCCCCCCCC(OCC)(OCC)OCC)C1OCC1CC. The Labute approximate surface area is 186 Å². The average molecular weight is 431 g/mol. The molecule has 3 unspecified atom stereocenters. The summed E-state index contributed by atoms with van der Waals surface area (Å²) in [5, 5.41) is 0. The summed E-state index contributed by atoms with van der Waals surface area (Å²) in [4.78, 5) is 0. The van der Waals surface area contributed by atoms with Gasteiger partial charge in [0.25, 0.3) is 5.97 Å². The average Bonchev–Trinajstić information content (AvgIpc) is 2.70. The van der Waals surface area contributed by atoms with Gasteiger partial charge in [-0.1, -0.05) is 52.4 Å². The zero-order valence-electron chi connectivity index (χ0n) is 20.6. The highest BCUT2D eigenvalue weighted by molar-refractivity contribution is 4.85. The lowest BCUT2D eigenvalue weighted by atomic mass is 9.88. The van der Waals surface area contributed by atoms with Crippen molar-refractivity contribution in [1.29, 1.82) is 0 Å². The molecular formula is C25H50O5. The zero-order valence-corrected chi connectivity index (χ0v) is 20.6. The Hall–Kier alpha value is -0.200. The van der Waals surface area contributed by atoms with Crippen LogP contribution in [0, 0.1) is 5.92 Å². The minimum absolute atomic E-state index is 0.299. The topological polar surface area (TPSA) is 46.2 Å². The lowest BCUT2D eigenvalue weighted by Crippen LogP contribution is -2.48. The van der Waals surface area contributed by atoms with Crippen LogP contribution in [0.1, 0.15) is 105 Å². The van der Waals surface area contributed by atoms with E-state index in [0.717, 1.165) is 38.9 Å². The maximum Gasteiger partial charge on any atom is 0.282 e. The molecule has 0 aromatic rings. The Morgan fingerprint density at radius 3 is 1.83 bits per heavy atom. The maximum absolute atomic E-state index is 6.12. The molecule has 5 heteroatoms. The first-order chi connectivity index (χ1) is 14.7. The quantitative estimate of drug-likeness (QED) is 0.154. The second-order valence-electron chi connectivity index (χ2n) is 8.37. The van der Waals surface area contributed by atoms with Crippen molar-refractivity contribution in [2.45, 2.75) is 123 Å². The minimum atomic E-state index is -0.842. The van der Waals surface area contributed by atoms with E-state index >= 15 is 0 Å². The van der Waals surface area contributed by atoms with Gasteiger partial charge in [0, 0.05) is 38.8 Å². The van der Waals surface area contributed by atoms with Crippen LogP contribution >= 0.6 is 0 Å². The van der Waals surface area contributed by atoms with E-state index in [-0.39, 0.29) is 0 Å². The molecule has 0 N–H and O–H groups in total. The van der Waals surface area contributed by atoms with Crippen LogP contribution in [0.25, 0.3) is 0 Å². The van der Waals surface area contributed by atoms with Gasteiger partial charge < -0.3 is 23.7 Å². The normalized spacial score (nSPS) is 20.3. The van der Waals surface area contributed by atoms with E-state index in [0.29, 0.717) is 37.9 Å². The van der Waals surface area contributed by atoms with Crippen molar-refractivity contribution >= 4 is 0 Å². The van der Waals surface area contributed by atoms with Crippen molar-refractivity contribution in [2.24, 2.45) is 5.92 Å². The van der Waals surface area contributed by atoms with Crippen molar-refractivity contribution < 1.29 is 23.7 Å². The van der Waals surface area contributed by atoms with E-state index in [1.807, 2.05) is 20.8 Å². The summed E-state index contributed by atoms with van der Waals surface area (Å²) >= 11 is 0. The third-order valence-corrected chi connectivity index (χ3v) is 5.96. The maximum atomic E-state index is 6.12. The lowest BCUT2D eigenvalue weighted by Gasteiger charge is -2.41. The Balaban J connectivity index is 2.15. The summed E-state index contributed by atoms with van der Waals surface area (Å²) in [5.74, 6) is -0.143. The van der Waals surface area contributed by atoms with E-state index in [9.17, 15) is 0 Å². The standard InChI is InChI=1S/C25H50O5/c1-6-20-26-23(24-22(7-2)21-27-24)18-16-14-12-11-13-15-17-19-25(28-8-3,29-9-4)30-10-5/h22-24H,6-21H2,1-5H3. The molecule has 1 saturated heterocycles. The van der Waals surface area contributed by atoms with Gasteiger partial charge in [-0.3, -0.25) is 0 Å². The smallest absolute Gasteiger partial charge is 0.282 e. The molecule has 0 bridgehead atoms. The highest BCUT2D eigenvalue weighted by Crippen LogP contribution is 2.30. The molecule has 1 rings (SSSR count). The molecule has 30 heavy (non-hydrogen) atoms. The number of rotatable bonds is 21. The highest BCUT2D eigenvalue weighted by atomic mass is 16.9. The summed E-state index contributed by atoms with van der Waals surface area (Å²) in [7, 11) is 0. The first kappa shape index (κ1) is 27.8. The third kappa shape index (κ3) is 10.4. The molecule has 1 heterocycles. The summed E-state index contributed by atoms with van der Waals surface area (Å²) in [5.41, 5.74) is 0. The fourth-order valence-electron chi connectivity index (χ4n) is 4.29. The van der Waals surface area contributed by atoms with Crippen molar-refractivity contribution in [3.05, 3.63) is 0 Å². The molecule has 0 amide bonds. The first-order valence-corrected chi connectivity index (χ1v) is 12.8. The molecule has 3 atom stereocenters. The predicted octanol–water partition coefficient (Wildman–Crippen LogP) is 6.48. The fourth-order valence-corrected chi connectivity index (χ4v) is 4.29. The van der Waals surface area contributed by atoms with E-state index in [2.05, 4.69) is 13.8 Å². The molecule has 0 aliphatic carbocycles. The van der Waals surface area contributed by atoms with Crippen LogP contribution in [0.4, 0.5) is 0 Å². The molecule has 5 nitrogen and oxygen atoms in total. The van der Waals surface area contributed by atoms with Gasteiger partial charge in [0.15, 0.2) is 0 Å². The molecule has 0 aromatic carbocycles. The van der Waals surface area contributed by atoms with Gasteiger partial charge >= 0.3 is 0 Å². The molecular weight excluding hydrogens is 380 g/mol. The number of hydrogen-bond donors (Lipinski definition) is 0. The molecule has 1 aliphatic rings. The third-order valence-electron chi connectivity index (χ3n) is 5.96. The first-order valence-electron chi connectivity index (χ1n) is 12.8. The van der Waals surface area contributed by atoms with E-state index < -0.39 is 5.97 Å². The van der Waals surface area contributed by atoms with Crippen molar-refractivity contribution in [3.8, 4) is 0 Å². The Morgan fingerprint density at radius 1 is 0.800 bits per heavy atom. The van der Waals surface area contributed by atoms with Crippen molar-refractivity contribution in [2.75, 3.05) is 33.0 Å². The Bertz CT molecular complexity index is 371. The predicted molar refractivity (Wildman–Crippen MR) is 123 cm³/mol. The van der Waals surface area contributed by atoms with Crippen LogP contribution in [0.2, 0.25) is 0 Å². The van der Waals surface area contributed by atoms with Crippen LogP contribution in [0.15, 0.2) is 0 Å². The zero-order chi connectivity index (χ0) is 22.1. The summed E-state index contributed by atoms with van der Waals surface area (Å²) in [6.45, 7) is 14.0.